The van der Waals surface area contributed by atoms with Gasteiger partial charge < -0.3 is 5.32 Å². The average molecular weight is 413 g/mol. The lowest BCUT2D eigenvalue weighted by atomic mass is 9.97. The summed E-state index contributed by atoms with van der Waals surface area (Å²) in [6, 6.07) is 6.01. The maximum absolute atomic E-state index is 13.1. The molecule has 2 aromatic heterocycles. The molecule has 0 unspecified atom stereocenters. The van der Waals surface area contributed by atoms with E-state index >= 15 is 0 Å². The number of aromatic nitrogens is 4. The molecule has 0 aliphatic heterocycles. The summed E-state index contributed by atoms with van der Waals surface area (Å²) in [5, 5.41) is 7.66. The number of carbonyl (C=O) groups excluding carboxylic acids is 1. The van der Waals surface area contributed by atoms with Crippen LogP contribution in [0.25, 0.3) is 11.0 Å². The van der Waals surface area contributed by atoms with Crippen molar-refractivity contribution in [3.8, 4) is 0 Å². The van der Waals surface area contributed by atoms with Crippen LogP contribution in [0.4, 0.5) is 4.39 Å². The van der Waals surface area contributed by atoms with Crippen molar-refractivity contribution in [2.75, 3.05) is 6.54 Å². The van der Waals surface area contributed by atoms with Gasteiger partial charge in [0.05, 0.1) is 19.3 Å². The quantitative estimate of drug-likeness (QED) is 0.554. The molecule has 8 heteroatoms. The summed E-state index contributed by atoms with van der Waals surface area (Å²) in [5.41, 5.74) is 1.09. The highest BCUT2D eigenvalue weighted by molar-refractivity contribution is 5.78. The zero-order valence-corrected chi connectivity index (χ0v) is 17.5. The number of nitrogens with zero attached hydrogens (tertiary/aromatic N) is 4. The van der Waals surface area contributed by atoms with Crippen molar-refractivity contribution in [1.82, 2.24) is 24.6 Å². The van der Waals surface area contributed by atoms with Crippen molar-refractivity contribution in [2.45, 2.75) is 52.6 Å². The van der Waals surface area contributed by atoms with Crippen molar-refractivity contribution in [3.63, 3.8) is 0 Å². The summed E-state index contributed by atoms with van der Waals surface area (Å²) >= 11 is 0. The molecule has 3 rings (SSSR count). The van der Waals surface area contributed by atoms with Gasteiger partial charge in [-0.2, -0.15) is 5.10 Å². The van der Waals surface area contributed by atoms with Crippen molar-refractivity contribution < 1.29 is 9.18 Å². The first-order valence-electron chi connectivity index (χ1n) is 10.5. The molecule has 1 N–H and O–H groups in total. The molecule has 0 aliphatic carbocycles. The topological polar surface area (TPSA) is 81.8 Å². The third kappa shape index (κ3) is 5.11. The maximum Gasteiger partial charge on any atom is 0.264 e. The minimum absolute atomic E-state index is 0.0474. The molecule has 0 saturated heterocycles. The SMILES string of the molecule is CCCC(CCC)C(=O)NCCn1ncc2c(=O)n(Cc3ccc(F)cc3)cnc21. The molecule has 0 saturated carbocycles. The fourth-order valence-electron chi connectivity index (χ4n) is 3.59. The van der Waals surface area contributed by atoms with Gasteiger partial charge in [-0.1, -0.05) is 38.8 Å². The number of rotatable bonds is 10. The Hall–Kier alpha value is -3.03. The molecule has 3 aromatic rings. The third-order valence-corrected chi connectivity index (χ3v) is 5.16. The van der Waals surface area contributed by atoms with Crippen LogP contribution in [0, 0.1) is 11.7 Å². The van der Waals surface area contributed by atoms with Crippen LogP contribution in [0.3, 0.4) is 0 Å². The molecule has 0 spiro atoms. The molecule has 1 aromatic carbocycles. The molecule has 0 bridgehead atoms. The molecule has 7 nitrogen and oxygen atoms in total. The number of carbonyl (C=O) groups is 1. The normalized spacial score (nSPS) is 11.3. The fraction of sp³-hybridized carbons (Fsp3) is 0.455. The Kier molecular flexibility index (Phi) is 7.32. The molecule has 160 valence electrons. The summed E-state index contributed by atoms with van der Waals surface area (Å²) < 4.78 is 16.2. The molecule has 0 radical (unpaired) electrons. The van der Waals surface area contributed by atoms with Gasteiger partial charge in [-0.05, 0) is 30.5 Å². The Morgan fingerprint density at radius 3 is 2.53 bits per heavy atom. The smallest absolute Gasteiger partial charge is 0.264 e. The van der Waals surface area contributed by atoms with Crippen molar-refractivity contribution >= 4 is 16.9 Å². The van der Waals surface area contributed by atoms with Gasteiger partial charge in [0.2, 0.25) is 5.91 Å². The first kappa shape index (κ1) is 21.7. The monoisotopic (exact) mass is 413 g/mol. The van der Waals surface area contributed by atoms with Gasteiger partial charge in [0.15, 0.2) is 5.65 Å². The maximum atomic E-state index is 13.1. The van der Waals surface area contributed by atoms with Crippen LogP contribution in [0.2, 0.25) is 0 Å². The van der Waals surface area contributed by atoms with E-state index in [1.54, 1.807) is 16.8 Å². The second-order valence-electron chi connectivity index (χ2n) is 7.47. The highest BCUT2D eigenvalue weighted by Crippen LogP contribution is 2.13. The van der Waals surface area contributed by atoms with Gasteiger partial charge in [-0.25, -0.2) is 14.1 Å². The molecule has 0 aliphatic rings. The average Bonchev–Trinajstić information content (AvgIpc) is 3.15. The lowest BCUT2D eigenvalue weighted by Gasteiger charge is -2.15. The molecular weight excluding hydrogens is 385 g/mol. The minimum Gasteiger partial charge on any atom is -0.354 e. The van der Waals surface area contributed by atoms with E-state index in [9.17, 15) is 14.0 Å². The predicted octanol–water partition coefficient (Wildman–Crippen LogP) is 3.11. The van der Waals surface area contributed by atoms with Crippen LogP contribution in [0.5, 0.6) is 0 Å². The lowest BCUT2D eigenvalue weighted by Crippen LogP contribution is -2.33. The highest BCUT2D eigenvalue weighted by atomic mass is 19.1. The molecular formula is C22H28FN5O2. The number of hydrogen-bond acceptors (Lipinski definition) is 4. The summed E-state index contributed by atoms with van der Waals surface area (Å²) in [6.45, 7) is 5.34. The number of nitrogens with one attached hydrogen (secondary N) is 1. The van der Waals surface area contributed by atoms with E-state index in [1.165, 1.54) is 29.2 Å². The lowest BCUT2D eigenvalue weighted by molar-refractivity contribution is -0.125. The first-order valence-corrected chi connectivity index (χ1v) is 10.5. The number of hydrogen-bond donors (Lipinski definition) is 1. The Morgan fingerprint density at radius 2 is 1.87 bits per heavy atom. The van der Waals surface area contributed by atoms with E-state index < -0.39 is 0 Å². The van der Waals surface area contributed by atoms with Crippen LogP contribution >= 0.6 is 0 Å². The van der Waals surface area contributed by atoms with Crippen LogP contribution in [-0.2, 0) is 17.9 Å². The molecule has 2 heterocycles. The van der Waals surface area contributed by atoms with Gasteiger partial charge in [-0.15, -0.1) is 0 Å². The van der Waals surface area contributed by atoms with E-state index in [0.29, 0.717) is 30.7 Å². The fourth-order valence-corrected chi connectivity index (χ4v) is 3.59. The van der Waals surface area contributed by atoms with Gasteiger partial charge >= 0.3 is 0 Å². The molecule has 30 heavy (non-hydrogen) atoms. The van der Waals surface area contributed by atoms with Gasteiger partial charge in [0.1, 0.15) is 17.5 Å². The standard InChI is InChI=1S/C22H28FN5O2/c1-3-5-17(6-4-2)21(29)24-11-12-28-20-19(13-26-28)22(30)27(15-25-20)14-16-7-9-18(23)10-8-16/h7-10,13,15,17H,3-6,11-12,14H2,1-2H3,(H,24,29). The zero-order valence-electron chi connectivity index (χ0n) is 17.5. The Bertz CT molecular complexity index is 1040. The summed E-state index contributed by atoms with van der Waals surface area (Å²) in [6.07, 6.45) is 6.72. The van der Waals surface area contributed by atoms with Crippen LogP contribution in [-0.4, -0.2) is 31.8 Å². The van der Waals surface area contributed by atoms with Crippen LogP contribution in [0.15, 0.2) is 41.6 Å². The van der Waals surface area contributed by atoms with E-state index in [1.807, 2.05) is 0 Å². The summed E-state index contributed by atoms with van der Waals surface area (Å²) in [5.74, 6) is -0.195. The highest BCUT2D eigenvalue weighted by Gasteiger charge is 2.16. The van der Waals surface area contributed by atoms with E-state index in [2.05, 4.69) is 29.2 Å². The van der Waals surface area contributed by atoms with E-state index in [0.717, 1.165) is 31.2 Å². The molecule has 1 amide bonds. The second kappa shape index (κ2) is 10.1. The molecule has 0 atom stereocenters. The van der Waals surface area contributed by atoms with Crippen LogP contribution < -0.4 is 10.9 Å². The Morgan fingerprint density at radius 1 is 1.17 bits per heavy atom. The first-order chi connectivity index (χ1) is 14.5. The minimum atomic E-state index is -0.316. The van der Waals surface area contributed by atoms with E-state index in [4.69, 9.17) is 0 Å². The van der Waals surface area contributed by atoms with Crippen molar-refractivity contribution in [2.24, 2.45) is 5.92 Å². The summed E-state index contributed by atoms with van der Waals surface area (Å²) in [7, 11) is 0. The Balaban J connectivity index is 1.66. The van der Waals surface area contributed by atoms with E-state index in [-0.39, 0.29) is 23.2 Å². The van der Waals surface area contributed by atoms with Gasteiger partial charge in [0.25, 0.3) is 5.56 Å². The predicted molar refractivity (Wildman–Crippen MR) is 114 cm³/mol. The second-order valence-corrected chi connectivity index (χ2v) is 7.47. The molecule has 0 fully saturated rings. The third-order valence-electron chi connectivity index (χ3n) is 5.16. The van der Waals surface area contributed by atoms with Crippen molar-refractivity contribution in [3.05, 3.63) is 58.5 Å². The zero-order chi connectivity index (χ0) is 21.5. The number of benzene rings is 1. The van der Waals surface area contributed by atoms with Gasteiger partial charge in [-0.3, -0.25) is 14.2 Å². The van der Waals surface area contributed by atoms with Crippen LogP contribution in [0.1, 0.15) is 45.1 Å². The number of fused-ring (bicyclic) bond motifs is 1. The van der Waals surface area contributed by atoms with Gasteiger partial charge in [0, 0.05) is 12.5 Å². The number of halogens is 1. The number of amides is 1. The Labute approximate surface area is 174 Å². The summed E-state index contributed by atoms with van der Waals surface area (Å²) in [4.78, 5) is 29.5. The largest absolute Gasteiger partial charge is 0.354 e. The van der Waals surface area contributed by atoms with Crippen molar-refractivity contribution in [1.29, 1.82) is 0 Å².